The summed E-state index contributed by atoms with van der Waals surface area (Å²) in [7, 11) is 0. The van der Waals surface area contributed by atoms with E-state index in [-0.39, 0.29) is 0 Å². The van der Waals surface area contributed by atoms with Gasteiger partial charge in [0.2, 0.25) is 0 Å². The summed E-state index contributed by atoms with van der Waals surface area (Å²) in [5.74, 6) is 0. The third-order valence-corrected chi connectivity index (χ3v) is 3.98. The molecule has 1 aromatic carbocycles. The number of allylic oxidation sites excluding steroid dienone is 2. The van der Waals surface area contributed by atoms with Crippen molar-refractivity contribution in [2.45, 2.75) is 60.3 Å². The van der Waals surface area contributed by atoms with E-state index in [4.69, 9.17) is 5.73 Å². The van der Waals surface area contributed by atoms with E-state index in [1.54, 1.807) is 5.56 Å². The van der Waals surface area contributed by atoms with Crippen molar-refractivity contribution in [1.29, 1.82) is 0 Å². The van der Waals surface area contributed by atoms with Gasteiger partial charge in [-0.2, -0.15) is 0 Å². The fourth-order valence-corrected chi connectivity index (χ4v) is 2.48. The number of hydrogen-bond donors (Lipinski definition) is 1. The Labute approximate surface area is 118 Å². The van der Waals surface area contributed by atoms with Crippen LogP contribution in [0.1, 0.15) is 56.9 Å². The molecule has 0 aromatic heterocycles. The molecule has 106 valence electrons. The molecule has 0 saturated carbocycles. The Morgan fingerprint density at radius 2 is 1.53 bits per heavy atom. The second-order valence-corrected chi connectivity index (χ2v) is 5.60. The van der Waals surface area contributed by atoms with Crippen LogP contribution in [0.5, 0.6) is 0 Å². The van der Waals surface area contributed by atoms with Crippen molar-refractivity contribution >= 4 is 0 Å². The molecule has 0 fully saturated rings. The molecule has 0 heterocycles. The normalized spacial score (nSPS) is 10.6. The smallest absolute Gasteiger partial charge is 0.00367 e. The van der Waals surface area contributed by atoms with Crippen molar-refractivity contribution in [2.75, 3.05) is 6.54 Å². The van der Waals surface area contributed by atoms with Crippen molar-refractivity contribution in [3.8, 4) is 0 Å². The van der Waals surface area contributed by atoms with Crippen molar-refractivity contribution < 1.29 is 0 Å². The summed E-state index contributed by atoms with van der Waals surface area (Å²) in [6, 6.07) is 4.72. The largest absolute Gasteiger partial charge is 0.330 e. The number of nitrogens with two attached hydrogens (primary N) is 1. The highest BCUT2D eigenvalue weighted by Gasteiger charge is 2.10. The van der Waals surface area contributed by atoms with Gasteiger partial charge in [-0.1, -0.05) is 37.1 Å². The summed E-state index contributed by atoms with van der Waals surface area (Å²) >= 11 is 0. The molecule has 0 bridgehead atoms. The first-order valence-electron chi connectivity index (χ1n) is 7.49. The van der Waals surface area contributed by atoms with E-state index < -0.39 is 0 Å². The Morgan fingerprint density at radius 3 is 1.89 bits per heavy atom. The van der Waals surface area contributed by atoms with E-state index in [0.717, 1.165) is 32.2 Å². The summed E-state index contributed by atoms with van der Waals surface area (Å²) in [5.41, 5.74) is 14.6. The molecule has 19 heavy (non-hydrogen) atoms. The molecule has 0 unspecified atom stereocenters. The van der Waals surface area contributed by atoms with E-state index in [0.29, 0.717) is 0 Å². The Bertz CT molecular complexity index is 426. The van der Waals surface area contributed by atoms with Crippen LogP contribution >= 0.6 is 0 Å². The van der Waals surface area contributed by atoms with Crippen molar-refractivity contribution in [3.05, 3.63) is 45.5 Å². The highest BCUT2D eigenvalue weighted by Crippen LogP contribution is 2.23. The Kier molecular flexibility index (Phi) is 6.30. The zero-order valence-electron chi connectivity index (χ0n) is 13.3. The molecule has 0 atom stereocenters. The van der Waals surface area contributed by atoms with Gasteiger partial charge in [0.1, 0.15) is 0 Å². The molecule has 0 spiro atoms. The topological polar surface area (TPSA) is 26.0 Å². The summed E-state index contributed by atoms with van der Waals surface area (Å²) in [4.78, 5) is 0. The Balaban J connectivity index is 3.24. The van der Waals surface area contributed by atoms with Gasteiger partial charge in [-0.15, -0.1) is 0 Å². The molecule has 1 aromatic rings. The summed E-state index contributed by atoms with van der Waals surface area (Å²) in [5, 5.41) is 0. The summed E-state index contributed by atoms with van der Waals surface area (Å²) < 4.78 is 0. The van der Waals surface area contributed by atoms with Gasteiger partial charge in [-0.05, 0) is 75.3 Å². The number of benzene rings is 1. The van der Waals surface area contributed by atoms with E-state index in [2.05, 4.69) is 46.8 Å². The first-order chi connectivity index (χ1) is 9.03. The standard InChI is InChI=1S/C18H29N/c1-6-16-11-15(8-9-19)12-17(7-2)18(16)10-14(5)13(3)4/h11-12H,6-10,19H2,1-5H3. The van der Waals surface area contributed by atoms with Gasteiger partial charge in [0, 0.05) is 0 Å². The second-order valence-electron chi connectivity index (χ2n) is 5.60. The average Bonchev–Trinajstić information content (AvgIpc) is 2.39. The minimum Gasteiger partial charge on any atom is -0.330 e. The molecule has 1 heteroatoms. The second kappa shape index (κ2) is 7.49. The van der Waals surface area contributed by atoms with E-state index >= 15 is 0 Å². The molecule has 0 aliphatic rings. The number of rotatable bonds is 6. The zero-order valence-corrected chi connectivity index (χ0v) is 13.3. The van der Waals surface area contributed by atoms with Gasteiger partial charge in [0.15, 0.2) is 0 Å². The van der Waals surface area contributed by atoms with Crippen LogP contribution in [0.3, 0.4) is 0 Å². The fraction of sp³-hybridized carbons (Fsp3) is 0.556. The maximum atomic E-state index is 5.69. The van der Waals surface area contributed by atoms with Crippen LogP contribution in [0, 0.1) is 0 Å². The first kappa shape index (κ1) is 16.0. The first-order valence-corrected chi connectivity index (χ1v) is 7.49. The molecule has 0 aliphatic heterocycles. The zero-order chi connectivity index (χ0) is 14.4. The lowest BCUT2D eigenvalue weighted by atomic mass is 9.89. The highest BCUT2D eigenvalue weighted by atomic mass is 14.5. The molecule has 2 N–H and O–H groups in total. The van der Waals surface area contributed by atoms with Gasteiger partial charge in [-0.3, -0.25) is 0 Å². The van der Waals surface area contributed by atoms with Gasteiger partial charge >= 0.3 is 0 Å². The van der Waals surface area contributed by atoms with Crippen LogP contribution in [0.4, 0.5) is 0 Å². The number of aryl methyl sites for hydroxylation is 2. The van der Waals surface area contributed by atoms with Crippen molar-refractivity contribution in [3.63, 3.8) is 0 Å². The van der Waals surface area contributed by atoms with Gasteiger partial charge in [0.05, 0.1) is 0 Å². The van der Waals surface area contributed by atoms with Crippen LogP contribution in [0.2, 0.25) is 0 Å². The molecule has 1 nitrogen and oxygen atoms in total. The van der Waals surface area contributed by atoms with Crippen molar-refractivity contribution in [1.82, 2.24) is 0 Å². The SMILES string of the molecule is CCc1cc(CCN)cc(CC)c1CC(C)=C(C)C. The van der Waals surface area contributed by atoms with E-state index in [1.165, 1.54) is 27.8 Å². The Morgan fingerprint density at radius 1 is 1.00 bits per heavy atom. The lowest BCUT2D eigenvalue weighted by Gasteiger charge is -2.17. The lowest BCUT2D eigenvalue weighted by Crippen LogP contribution is -2.07. The van der Waals surface area contributed by atoms with Crippen LogP contribution in [-0.4, -0.2) is 6.54 Å². The molecular formula is C18H29N. The fourth-order valence-electron chi connectivity index (χ4n) is 2.48. The van der Waals surface area contributed by atoms with Crippen LogP contribution < -0.4 is 5.73 Å². The Hall–Kier alpha value is -1.08. The van der Waals surface area contributed by atoms with E-state index in [1.807, 2.05) is 0 Å². The molecule has 0 aliphatic carbocycles. The monoisotopic (exact) mass is 259 g/mol. The van der Waals surface area contributed by atoms with Gasteiger partial charge < -0.3 is 5.73 Å². The minimum absolute atomic E-state index is 0.735. The van der Waals surface area contributed by atoms with Crippen LogP contribution in [-0.2, 0) is 25.7 Å². The minimum atomic E-state index is 0.735. The quantitative estimate of drug-likeness (QED) is 0.761. The predicted molar refractivity (Wildman–Crippen MR) is 85.7 cm³/mol. The summed E-state index contributed by atoms with van der Waals surface area (Å²) in [6.07, 6.45) is 4.30. The van der Waals surface area contributed by atoms with Gasteiger partial charge in [0.25, 0.3) is 0 Å². The maximum Gasteiger partial charge on any atom is -0.00367 e. The molecule has 0 amide bonds. The van der Waals surface area contributed by atoms with Crippen LogP contribution in [0.25, 0.3) is 0 Å². The highest BCUT2D eigenvalue weighted by molar-refractivity contribution is 5.42. The molecular weight excluding hydrogens is 230 g/mol. The number of hydrogen-bond acceptors (Lipinski definition) is 1. The molecule has 0 radical (unpaired) electrons. The third-order valence-electron chi connectivity index (χ3n) is 3.98. The van der Waals surface area contributed by atoms with E-state index in [9.17, 15) is 0 Å². The van der Waals surface area contributed by atoms with Crippen LogP contribution in [0.15, 0.2) is 23.3 Å². The predicted octanol–water partition coefficient (Wildman–Crippen LogP) is 4.21. The third kappa shape index (κ3) is 4.21. The van der Waals surface area contributed by atoms with Crippen molar-refractivity contribution in [2.24, 2.45) is 5.73 Å². The lowest BCUT2D eigenvalue weighted by molar-refractivity contribution is 0.928. The molecule has 1 rings (SSSR count). The summed E-state index contributed by atoms with van der Waals surface area (Å²) in [6.45, 7) is 11.9. The average molecular weight is 259 g/mol. The molecule has 0 saturated heterocycles. The maximum absolute atomic E-state index is 5.69. The van der Waals surface area contributed by atoms with Gasteiger partial charge in [-0.25, -0.2) is 0 Å².